The molecule has 0 aliphatic carbocycles. The van der Waals surface area contributed by atoms with Gasteiger partial charge >= 0.3 is 0 Å². The van der Waals surface area contributed by atoms with Crippen molar-refractivity contribution in [2.45, 2.75) is 25.9 Å². The number of nitrogens with one attached hydrogen (secondary N) is 1. The molecule has 1 aromatic carbocycles. The SMILES string of the molecule is CC(C)c1cc(Br)cc2c1OC(CN)C(=O)N2. The molecule has 1 unspecified atom stereocenters. The summed E-state index contributed by atoms with van der Waals surface area (Å²) in [5.74, 6) is 0.862. The van der Waals surface area contributed by atoms with Crippen molar-refractivity contribution >= 4 is 27.5 Å². The van der Waals surface area contributed by atoms with Crippen LogP contribution in [0.3, 0.4) is 0 Å². The van der Waals surface area contributed by atoms with Crippen LogP contribution in [0, 0.1) is 0 Å². The Morgan fingerprint density at radius 3 is 2.82 bits per heavy atom. The second kappa shape index (κ2) is 4.66. The van der Waals surface area contributed by atoms with Crippen LogP contribution in [-0.4, -0.2) is 18.6 Å². The van der Waals surface area contributed by atoms with E-state index in [4.69, 9.17) is 10.5 Å². The first-order valence-corrected chi connectivity index (χ1v) is 6.33. The van der Waals surface area contributed by atoms with E-state index in [-0.39, 0.29) is 12.5 Å². The first-order chi connectivity index (χ1) is 8.02. The van der Waals surface area contributed by atoms with Gasteiger partial charge in [-0.05, 0) is 23.6 Å². The van der Waals surface area contributed by atoms with Crippen LogP contribution in [0.25, 0.3) is 0 Å². The van der Waals surface area contributed by atoms with E-state index in [1.54, 1.807) is 0 Å². The van der Waals surface area contributed by atoms with E-state index in [1.165, 1.54) is 0 Å². The Morgan fingerprint density at radius 1 is 1.53 bits per heavy atom. The lowest BCUT2D eigenvalue weighted by atomic mass is 10.00. The van der Waals surface area contributed by atoms with Gasteiger partial charge in [0.2, 0.25) is 0 Å². The fraction of sp³-hybridized carbons (Fsp3) is 0.417. The molecule has 1 aliphatic rings. The maximum absolute atomic E-state index is 11.6. The summed E-state index contributed by atoms with van der Waals surface area (Å²) in [7, 11) is 0. The van der Waals surface area contributed by atoms with Crippen molar-refractivity contribution in [1.29, 1.82) is 0 Å². The third-order valence-electron chi connectivity index (χ3n) is 2.73. The van der Waals surface area contributed by atoms with Crippen molar-refractivity contribution in [2.75, 3.05) is 11.9 Å². The summed E-state index contributed by atoms with van der Waals surface area (Å²) in [6, 6.07) is 3.85. The maximum atomic E-state index is 11.6. The van der Waals surface area contributed by atoms with Gasteiger partial charge in [0, 0.05) is 11.0 Å². The normalized spacial score (nSPS) is 18.6. The Bertz CT molecular complexity index is 460. The van der Waals surface area contributed by atoms with Gasteiger partial charge in [0.15, 0.2) is 6.10 Å². The molecule has 1 heterocycles. The third-order valence-corrected chi connectivity index (χ3v) is 3.19. The average Bonchev–Trinajstić information content (AvgIpc) is 2.26. The molecule has 0 radical (unpaired) electrons. The second-order valence-corrected chi connectivity index (χ2v) is 5.27. The summed E-state index contributed by atoms with van der Waals surface area (Å²) in [6.45, 7) is 4.34. The number of ether oxygens (including phenoxy) is 1. The van der Waals surface area contributed by atoms with Crippen molar-refractivity contribution in [2.24, 2.45) is 5.73 Å². The molecular weight excluding hydrogens is 284 g/mol. The molecule has 0 aromatic heterocycles. The zero-order chi connectivity index (χ0) is 12.6. The minimum atomic E-state index is -0.596. The highest BCUT2D eigenvalue weighted by atomic mass is 79.9. The highest BCUT2D eigenvalue weighted by molar-refractivity contribution is 9.10. The lowest BCUT2D eigenvalue weighted by Gasteiger charge is -2.28. The highest BCUT2D eigenvalue weighted by Crippen LogP contribution is 2.39. The van der Waals surface area contributed by atoms with Gasteiger partial charge in [-0.1, -0.05) is 29.8 Å². The van der Waals surface area contributed by atoms with Gasteiger partial charge in [-0.3, -0.25) is 4.79 Å². The van der Waals surface area contributed by atoms with Crippen LogP contribution >= 0.6 is 15.9 Å². The number of rotatable bonds is 2. The van der Waals surface area contributed by atoms with Gasteiger partial charge in [-0.25, -0.2) is 0 Å². The van der Waals surface area contributed by atoms with Crippen LogP contribution in [-0.2, 0) is 4.79 Å². The monoisotopic (exact) mass is 298 g/mol. The van der Waals surface area contributed by atoms with E-state index in [1.807, 2.05) is 12.1 Å². The number of benzene rings is 1. The topological polar surface area (TPSA) is 64.3 Å². The number of hydrogen-bond donors (Lipinski definition) is 2. The molecule has 0 fully saturated rings. The quantitative estimate of drug-likeness (QED) is 0.880. The summed E-state index contributed by atoms with van der Waals surface area (Å²) >= 11 is 3.43. The van der Waals surface area contributed by atoms with Gasteiger partial charge in [0.05, 0.1) is 5.69 Å². The fourth-order valence-corrected chi connectivity index (χ4v) is 2.31. The summed E-state index contributed by atoms with van der Waals surface area (Å²) < 4.78 is 6.61. The van der Waals surface area contributed by atoms with E-state index < -0.39 is 6.10 Å². The smallest absolute Gasteiger partial charge is 0.266 e. The van der Waals surface area contributed by atoms with Crippen LogP contribution in [0.15, 0.2) is 16.6 Å². The van der Waals surface area contributed by atoms with Crippen LogP contribution in [0.5, 0.6) is 5.75 Å². The molecular formula is C12H15BrN2O2. The number of anilines is 1. The van der Waals surface area contributed by atoms with E-state index in [9.17, 15) is 4.79 Å². The average molecular weight is 299 g/mol. The van der Waals surface area contributed by atoms with Crippen LogP contribution < -0.4 is 15.8 Å². The molecule has 0 bridgehead atoms. The molecule has 1 aliphatic heterocycles. The van der Waals surface area contributed by atoms with Gasteiger partial charge in [-0.15, -0.1) is 0 Å². The largest absolute Gasteiger partial charge is 0.477 e. The molecule has 3 N–H and O–H groups in total. The molecule has 5 heteroatoms. The van der Waals surface area contributed by atoms with E-state index >= 15 is 0 Å². The Labute approximate surface area is 109 Å². The lowest BCUT2D eigenvalue weighted by molar-refractivity contribution is -0.123. The van der Waals surface area contributed by atoms with Crippen molar-refractivity contribution < 1.29 is 9.53 Å². The van der Waals surface area contributed by atoms with Crippen molar-refractivity contribution in [3.63, 3.8) is 0 Å². The molecule has 1 atom stereocenters. The first-order valence-electron chi connectivity index (χ1n) is 5.54. The molecule has 0 saturated heterocycles. The van der Waals surface area contributed by atoms with Crippen molar-refractivity contribution in [3.05, 3.63) is 22.2 Å². The zero-order valence-corrected chi connectivity index (χ0v) is 11.4. The summed E-state index contributed by atoms with van der Waals surface area (Å²) in [4.78, 5) is 11.6. The standard InChI is InChI=1S/C12H15BrN2O2/c1-6(2)8-3-7(13)4-9-11(8)17-10(5-14)12(16)15-9/h3-4,6,10H,5,14H2,1-2H3,(H,15,16). The zero-order valence-electron chi connectivity index (χ0n) is 9.79. The van der Waals surface area contributed by atoms with Crippen molar-refractivity contribution in [1.82, 2.24) is 0 Å². The third kappa shape index (κ3) is 2.30. The molecule has 1 aromatic rings. The van der Waals surface area contributed by atoms with Gasteiger partial charge in [0.1, 0.15) is 5.75 Å². The lowest BCUT2D eigenvalue weighted by Crippen LogP contribution is -2.42. The number of carbonyl (C=O) groups is 1. The van der Waals surface area contributed by atoms with E-state index in [2.05, 4.69) is 35.1 Å². The molecule has 0 saturated carbocycles. The molecule has 4 nitrogen and oxygen atoms in total. The molecule has 1 amide bonds. The van der Waals surface area contributed by atoms with Crippen molar-refractivity contribution in [3.8, 4) is 5.75 Å². The van der Waals surface area contributed by atoms with E-state index in [0.29, 0.717) is 11.6 Å². The molecule has 2 rings (SSSR count). The van der Waals surface area contributed by atoms with Gasteiger partial charge in [-0.2, -0.15) is 0 Å². The first kappa shape index (κ1) is 12.4. The molecule has 17 heavy (non-hydrogen) atoms. The predicted molar refractivity (Wildman–Crippen MR) is 70.3 cm³/mol. The number of nitrogens with two attached hydrogens (primary N) is 1. The number of halogens is 1. The van der Waals surface area contributed by atoms with Crippen LogP contribution in [0.1, 0.15) is 25.3 Å². The fourth-order valence-electron chi connectivity index (χ4n) is 1.83. The number of fused-ring (bicyclic) bond motifs is 1. The van der Waals surface area contributed by atoms with Gasteiger partial charge in [0.25, 0.3) is 5.91 Å². The Morgan fingerprint density at radius 2 is 2.24 bits per heavy atom. The summed E-state index contributed by atoms with van der Waals surface area (Å²) in [6.07, 6.45) is -0.596. The molecule has 0 spiro atoms. The second-order valence-electron chi connectivity index (χ2n) is 4.36. The minimum Gasteiger partial charge on any atom is -0.477 e. The maximum Gasteiger partial charge on any atom is 0.266 e. The number of carbonyl (C=O) groups excluding carboxylic acids is 1. The Kier molecular flexibility index (Phi) is 3.40. The van der Waals surface area contributed by atoms with Gasteiger partial charge < -0.3 is 15.8 Å². The predicted octanol–water partition coefficient (Wildman–Crippen LogP) is 2.23. The number of hydrogen-bond acceptors (Lipinski definition) is 3. The van der Waals surface area contributed by atoms with Crippen LogP contribution in [0.4, 0.5) is 5.69 Å². The minimum absolute atomic E-state index is 0.179. The number of amides is 1. The highest BCUT2D eigenvalue weighted by Gasteiger charge is 2.29. The Hall–Kier alpha value is -1.07. The summed E-state index contributed by atoms with van der Waals surface area (Å²) in [5, 5.41) is 2.82. The Balaban J connectivity index is 2.50. The van der Waals surface area contributed by atoms with Crippen LogP contribution in [0.2, 0.25) is 0 Å². The summed E-state index contributed by atoms with van der Waals surface area (Å²) in [5.41, 5.74) is 7.28. The molecule has 92 valence electrons. The van der Waals surface area contributed by atoms with E-state index in [0.717, 1.165) is 15.8 Å².